The van der Waals surface area contributed by atoms with Crippen LogP contribution in [0.3, 0.4) is 0 Å². The highest BCUT2D eigenvalue weighted by Gasteiger charge is 2.33. The summed E-state index contributed by atoms with van der Waals surface area (Å²) in [6.45, 7) is 5.00. The second kappa shape index (κ2) is 7.57. The van der Waals surface area contributed by atoms with Gasteiger partial charge in [-0.25, -0.2) is 14.2 Å². The van der Waals surface area contributed by atoms with Crippen LogP contribution in [0.2, 0.25) is 5.02 Å². The van der Waals surface area contributed by atoms with Gasteiger partial charge in [0.1, 0.15) is 17.3 Å². The molecule has 2 heterocycles. The Morgan fingerprint density at radius 1 is 1.27 bits per heavy atom. The van der Waals surface area contributed by atoms with Crippen molar-refractivity contribution in [2.24, 2.45) is 0 Å². The van der Waals surface area contributed by atoms with E-state index in [1.165, 1.54) is 6.07 Å². The number of carbonyl (C=O) groups is 1. The Labute approximate surface area is 177 Å². The highest BCUT2D eigenvalue weighted by molar-refractivity contribution is 6.31. The van der Waals surface area contributed by atoms with E-state index in [4.69, 9.17) is 16.3 Å². The molecule has 0 atom stereocenters. The Hall–Kier alpha value is -3.19. The third-order valence-corrected chi connectivity index (χ3v) is 5.04. The number of carbonyl (C=O) groups excluding carboxylic acids is 1. The van der Waals surface area contributed by atoms with E-state index < -0.39 is 11.8 Å². The molecule has 4 rings (SSSR count). The number of rotatable bonds is 3. The van der Waals surface area contributed by atoms with Gasteiger partial charge in [0, 0.05) is 5.02 Å². The molecule has 2 aromatic carbocycles. The minimum atomic E-state index is -0.611. The summed E-state index contributed by atoms with van der Waals surface area (Å²) in [6.07, 6.45) is -0.337. The summed E-state index contributed by atoms with van der Waals surface area (Å²) in [6, 6.07) is 11.1. The van der Waals surface area contributed by atoms with E-state index in [9.17, 15) is 14.4 Å². The van der Waals surface area contributed by atoms with Gasteiger partial charge in [-0.05, 0) is 51.1 Å². The second-order valence-corrected chi connectivity index (χ2v) is 7.71. The first kappa shape index (κ1) is 20.1. The fourth-order valence-electron chi connectivity index (χ4n) is 3.65. The molecule has 0 spiro atoms. The third-order valence-electron chi connectivity index (χ3n) is 4.80. The molecule has 0 unspecified atom stereocenters. The van der Waals surface area contributed by atoms with Gasteiger partial charge in [-0.15, -0.1) is 0 Å². The van der Waals surface area contributed by atoms with Gasteiger partial charge in [-0.1, -0.05) is 23.7 Å². The maximum absolute atomic E-state index is 14.6. The maximum atomic E-state index is 14.6. The van der Waals surface area contributed by atoms with Crippen LogP contribution in [0.4, 0.5) is 4.39 Å². The summed E-state index contributed by atoms with van der Waals surface area (Å²) in [5.74, 6) is -0.632. The molecular formula is C22H19ClFN3O3. The van der Waals surface area contributed by atoms with Gasteiger partial charge in [-0.3, -0.25) is 4.57 Å². The Morgan fingerprint density at radius 2 is 2.00 bits per heavy atom. The average Bonchev–Trinajstić information content (AvgIpc) is 2.93. The minimum Gasteiger partial charge on any atom is -0.623 e. The zero-order chi connectivity index (χ0) is 21.6. The lowest BCUT2D eigenvalue weighted by Gasteiger charge is -2.12. The first-order valence-electron chi connectivity index (χ1n) is 9.44. The van der Waals surface area contributed by atoms with Crippen molar-refractivity contribution in [3.8, 4) is 5.69 Å². The Bertz CT molecular complexity index is 1200. The Morgan fingerprint density at radius 3 is 2.70 bits per heavy atom. The molecule has 0 amide bonds. The number of ether oxygens (including phenoxy) is 1. The minimum absolute atomic E-state index is 0.0673. The molecule has 1 aliphatic rings. The normalized spacial score (nSPS) is 13.1. The molecule has 0 bridgehead atoms. The lowest BCUT2D eigenvalue weighted by atomic mass is 10.00. The van der Waals surface area contributed by atoms with E-state index in [0.29, 0.717) is 32.5 Å². The smallest absolute Gasteiger partial charge is 0.359 e. The van der Waals surface area contributed by atoms with Gasteiger partial charge in [0.15, 0.2) is 12.2 Å². The fourth-order valence-corrected chi connectivity index (χ4v) is 3.82. The SMILES string of the molecule is Cc1nc(C(=O)OC(C)C)c2n1-c1ccc(Cl)cc1C(c1ccccc1F)=[N+]([O-])C2. The molecule has 0 aliphatic carbocycles. The van der Waals surface area contributed by atoms with E-state index in [1.54, 1.807) is 61.7 Å². The van der Waals surface area contributed by atoms with Crippen LogP contribution in [0.15, 0.2) is 42.5 Å². The first-order chi connectivity index (χ1) is 14.3. The molecule has 0 saturated carbocycles. The third kappa shape index (κ3) is 3.35. The van der Waals surface area contributed by atoms with Crippen LogP contribution < -0.4 is 0 Å². The van der Waals surface area contributed by atoms with E-state index in [0.717, 1.165) is 0 Å². The monoisotopic (exact) mass is 427 g/mol. The quantitative estimate of drug-likeness (QED) is 0.353. The van der Waals surface area contributed by atoms with Crippen LogP contribution in [0.1, 0.15) is 47.0 Å². The van der Waals surface area contributed by atoms with Gasteiger partial charge in [-0.2, -0.15) is 4.74 Å². The molecule has 0 saturated heterocycles. The number of hydrogen-bond acceptors (Lipinski definition) is 4. The van der Waals surface area contributed by atoms with Crippen molar-refractivity contribution >= 4 is 23.3 Å². The van der Waals surface area contributed by atoms with Crippen molar-refractivity contribution in [3.63, 3.8) is 0 Å². The van der Waals surface area contributed by atoms with Crippen molar-refractivity contribution < 1.29 is 18.7 Å². The first-order valence-corrected chi connectivity index (χ1v) is 9.81. The van der Waals surface area contributed by atoms with Crippen LogP contribution in [0.5, 0.6) is 0 Å². The second-order valence-electron chi connectivity index (χ2n) is 7.27. The number of aromatic nitrogens is 2. The van der Waals surface area contributed by atoms with Crippen LogP contribution in [-0.4, -0.2) is 32.1 Å². The molecular weight excluding hydrogens is 409 g/mol. The molecule has 30 heavy (non-hydrogen) atoms. The zero-order valence-corrected chi connectivity index (χ0v) is 17.4. The largest absolute Gasteiger partial charge is 0.623 e. The lowest BCUT2D eigenvalue weighted by Crippen LogP contribution is -2.20. The van der Waals surface area contributed by atoms with E-state index in [2.05, 4.69) is 4.98 Å². The van der Waals surface area contributed by atoms with Crippen molar-refractivity contribution in [1.29, 1.82) is 0 Å². The van der Waals surface area contributed by atoms with Crippen molar-refractivity contribution in [2.75, 3.05) is 0 Å². The van der Waals surface area contributed by atoms with Gasteiger partial charge in [0.05, 0.1) is 22.9 Å². The number of fused-ring (bicyclic) bond motifs is 3. The highest BCUT2D eigenvalue weighted by Crippen LogP contribution is 2.31. The number of nitrogens with zero attached hydrogens (tertiary/aromatic N) is 3. The number of halogens is 2. The van der Waals surface area contributed by atoms with Gasteiger partial charge in [0.2, 0.25) is 5.71 Å². The summed E-state index contributed by atoms with van der Waals surface area (Å²) in [7, 11) is 0. The fraction of sp³-hybridized carbons (Fsp3) is 0.227. The lowest BCUT2D eigenvalue weighted by molar-refractivity contribution is -0.474. The molecule has 1 aliphatic heterocycles. The molecule has 1 aromatic heterocycles. The number of imidazole rings is 1. The molecule has 154 valence electrons. The van der Waals surface area contributed by atoms with E-state index >= 15 is 0 Å². The number of benzene rings is 2. The standard InChI is InChI=1S/C22H19ClFN3O3/c1-12(2)30-22(28)20-19-11-26(29)21(15-6-4-5-7-17(15)24)16-10-14(23)8-9-18(16)27(19)13(3)25-20/h4-10,12H,11H2,1-3H3. The summed E-state index contributed by atoms with van der Waals surface area (Å²) in [5.41, 5.74) is 1.77. The predicted octanol–water partition coefficient (Wildman–Crippen LogP) is 4.40. The van der Waals surface area contributed by atoms with Crippen molar-refractivity contribution in [2.45, 2.75) is 33.4 Å². The van der Waals surface area contributed by atoms with E-state index in [1.807, 2.05) is 0 Å². The van der Waals surface area contributed by atoms with Gasteiger partial charge >= 0.3 is 5.97 Å². The molecule has 0 fully saturated rings. The summed E-state index contributed by atoms with van der Waals surface area (Å²) in [5, 5.41) is 13.7. The summed E-state index contributed by atoms with van der Waals surface area (Å²) >= 11 is 6.22. The summed E-state index contributed by atoms with van der Waals surface area (Å²) in [4.78, 5) is 17.0. The number of hydroxylamine groups is 1. The van der Waals surface area contributed by atoms with Crippen molar-refractivity contribution in [3.05, 3.63) is 86.9 Å². The summed E-state index contributed by atoms with van der Waals surface area (Å²) < 4.78 is 22.3. The molecule has 6 nitrogen and oxygen atoms in total. The van der Waals surface area contributed by atoms with Crippen LogP contribution in [0.25, 0.3) is 5.69 Å². The number of esters is 1. The van der Waals surface area contributed by atoms with Gasteiger partial charge in [0.25, 0.3) is 0 Å². The Balaban J connectivity index is 2.02. The predicted molar refractivity (Wildman–Crippen MR) is 111 cm³/mol. The number of hydrogen-bond donors (Lipinski definition) is 0. The molecule has 3 aromatic rings. The number of aryl methyl sites for hydroxylation is 1. The van der Waals surface area contributed by atoms with Crippen molar-refractivity contribution in [1.82, 2.24) is 9.55 Å². The van der Waals surface area contributed by atoms with Crippen LogP contribution in [-0.2, 0) is 11.3 Å². The van der Waals surface area contributed by atoms with Crippen LogP contribution in [0, 0.1) is 17.9 Å². The zero-order valence-electron chi connectivity index (χ0n) is 16.6. The van der Waals surface area contributed by atoms with Gasteiger partial charge < -0.3 is 9.94 Å². The maximum Gasteiger partial charge on any atom is 0.359 e. The molecule has 0 radical (unpaired) electrons. The Kier molecular flexibility index (Phi) is 5.07. The molecule has 8 heteroatoms. The topological polar surface area (TPSA) is 70.2 Å². The average molecular weight is 428 g/mol. The molecule has 0 N–H and O–H groups in total. The highest BCUT2D eigenvalue weighted by atomic mass is 35.5. The van der Waals surface area contributed by atoms with Crippen LogP contribution >= 0.6 is 11.6 Å². The van der Waals surface area contributed by atoms with E-state index in [-0.39, 0.29) is 29.6 Å².